The van der Waals surface area contributed by atoms with E-state index in [1.165, 1.54) is 0 Å². The van der Waals surface area contributed by atoms with Crippen LogP contribution >= 0.6 is 11.3 Å². The summed E-state index contributed by atoms with van der Waals surface area (Å²) in [6, 6.07) is 0. The molecule has 1 aromatic rings. The highest BCUT2D eigenvalue weighted by molar-refractivity contribution is 7.09. The van der Waals surface area contributed by atoms with Crippen LogP contribution in [0.25, 0.3) is 0 Å². The van der Waals surface area contributed by atoms with E-state index >= 15 is 0 Å². The average molecular weight is 255 g/mol. The number of hydrogen-bond acceptors (Lipinski definition) is 4. The van der Waals surface area contributed by atoms with Gasteiger partial charge in [-0.15, -0.1) is 11.3 Å². The van der Waals surface area contributed by atoms with Gasteiger partial charge in [0.15, 0.2) is 0 Å². The van der Waals surface area contributed by atoms with E-state index in [-0.39, 0.29) is 11.4 Å². The molecule has 96 valence electrons. The molecule has 0 aliphatic rings. The summed E-state index contributed by atoms with van der Waals surface area (Å²) in [5, 5.41) is 6.05. The van der Waals surface area contributed by atoms with Crippen molar-refractivity contribution < 1.29 is 4.79 Å². The van der Waals surface area contributed by atoms with Gasteiger partial charge in [0.25, 0.3) is 0 Å². The van der Waals surface area contributed by atoms with Crippen LogP contribution in [-0.4, -0.2) is 23.0 Å². The third-order valence-electron chi connectivity index (χ3n) is 2.49. The van der Waals surface area contributed by atoms with Crippen molar-refractivity contribution in [3.05, 3.63) is 16.1 Å². The topological polar surface area (TPSA) is 68.0 Å². The van der Waals surface area contributed by atoms with Gasteiger partial charge >= 0.3 is 0 Å². The fraction of sp³-hybridized carbons (Fsp3) is 0.667. The van der Waals surface area contributed by atoms with E-state index in [0.29, 0.717) is 13.0 Å². The third kappa shape index (κ3) is 5.28. The number of thiazole rings is 1. The number of rotatable bonds is 6. The fourth-order valence-electron chi connectivity index (χ4n) is 1.44. The molecular formula is C12H21N3OS. The van der Waals surface area contributed by atoms with E-state index in [1.54, 1.807) is 11.3 Å². The molecule has 5 heteroatoms. The first-order valence-corrected chi connectivity index (χ1v) is 6.73. The van der Waals surface area contributed by atoms with Crippen LogP contribution in [0.2, 0.25) is 0 Å². The molecule has 1 aromatic heterocycles. The van der Waals surface area contributed by atoms with E-state index in [9.17, 15) is 4.79 Å². The predicted octanol–water partition coefficient (Wildman–Crippen LogP) is 1.63. The number of aromatic nitrogens is 1. The van der Waals surface area contributed by atoms with Crippen molar-refractivity contribution in [3.63, 3.8) is 0 Å². The van der Waals surface area contributed by atoms with Gasteiger partial charge < -0.3 is 11.1 Å². The monoisotopic (exact) mass is 255 g/mol. The number of nitrogens with zero attached hydrogens (tertiary/aromatic N) is 1. The van der Waals surface area contributed by atoms with Crippen molar-refractivity contribution in [1.29, 1.82) is 0 Å². The molecule has 0 saturated carbocycles. The summed E-state index contributed by atoms with van der Waals surface area (Å²) in [5.74, 6) is 0.0624. The van der Waals surface area contributed by atoms with E-state index < -0.39 is 0 Å². The highest BCUT2D eigenvalue weighted by Gasteiger charge is 2.17. The van der Waals surface area contributed by atoms with Crippen LogP contribution in [0, 0.1) is 6.92 Å². The van der Waals surface area contributed by atoms with Gasteiger partial charge in [0.05, 0.1) is 10.7 Å². The highest BCUT2D eigenvalue weighted by atomic mass is 32.1. The Morgan fingerprint density at radius 2 is 2.29 bits per heavy atom. The zero-order valence-electron chi connectivity index (χ0n) is 10.7. The molecule has 0 radical (unpaired) electrons. The maximum atomic E-state index is 11.6. The van der Waals surface area contributed by atoms with Gasteiger partial charge in [-0.25, -0.2) is 4.98 Å². The van der Waals surface area contributed by atoms with Crippen LogP contribution in [0.5, 0.6) is 0 Å². The van der Waals surface area contributed by atoms with Gasteiger partial charge in [-0.2, -0.15) is 0 Å². The van der Waals surface area contributed by atoms with Crippen LogP contribution in [0.15, 0.2) is 5.38 Å². The van der Waals surface area contributed by atoms with Crippen molar-refractivity contribution in [2.45, 2.75) is 45.6 Å². The van der Waals surface area contributed by atoms with E-state index in [0.717, 1.165) is 23.5 Å². The van der Waals surface area contributed by atoms with Gasteiger partial charge in [-0.05, 0) is 33.6 Å². The summed E-state index contributed by atoms with van der Waals surface area (Å²) in [4.78, 5) is 16.0. The smallest absolute Gasteiger partial charge is 0.220 e. The molecule has 0 bridgehead atoms. The molecule has 1 amide bonds. The lowest BCUT2D eigenvalue weighted by Gasteiger charge is -2.24. The Morgan fingerprint density at radius 3 is 2.82 bits per heavy atom. The first kappa shape index (κ1) is 14.1. The lowest BCUT2D eigenvalue weighted by atomic mass is 10.1. The lowest BCUT2D eigenvalue weighted by Crippen LogP contribution is -2.48. The number of carbonyl (C=O) groups excluding carboxylic acids is 1. The van der Waals surface area contributed by atoms with Gasteiger partial charge in [0, 0.05) is 23.9 Å². The summed E-state index contributed by atoms with van der Waals surface area (Å²) in [6.07, 6.45) is 2.22. The van der Waals surface area contributed by atoms with Crippen molar-refractivity contribution >= 4 is 17.2 Å². The Labute approximate surface area is 107 Å². The Hall–Kier alpha value is -0.940. The quantitative estimate of drug-likeness (QED) is 0.812. The summed E-state index contributed by atoms with van der Waals surface area (Å²) in [5.41, 5.74) is 6.32. The zero-order chi connectivity index (χ0) is 12.9. The predicted molar refractivity (Wildman–Crippen MR) is 71.1 cm³/mol. The summed E-state index contributed by atoms with van der Waals surface area (Å²) < 4.78 is 0. The standard InChI is InChI=1S/C12H21N3OS/c1-9-14-10(7-17-9)5-4-6-11(16)15-12(2,3)8-13/h7H,4-6,8,13H2,1-3H3,(H,15,16). The maximum absolute atomic E-state index is 11.6. The fourth-order valence-corrected chi connectivity index (χ4v) is 2.09. The second-order valence-corrected chi connectivity index (χ2v) is 5.91. The van der Waals surface area contributed by atoms with Gasteiger partial charge in [0.1, 0.15) is 0 Å². The van der Waals surface area contributed by atoms with E-state index in [1.807, 2.05) is 20.8 Å². The number of aryl methyl sites for hydroxylation is 2. The Morgan fingerprint density at radius 1 is 1.59 bits per heavy atom. The summed E-state index contributed by atoms with van der Waals surface area (Å²) in [6.45, 7) is 6.29. The molecule has 0 aliphatic heterocycles. The first-order chi connectivity index (χ1) is 7.93. The van der Waals surface area contributed by atoms with Crippen LogP contribution < -0.4 is 11.1 Å². The SMILES string of the molecule is Cc1nc(CCCC(=O)NC(C)(C)CN)cs1. The van der Waals surface area contributed by atoms with Crippen LogP contribution in [-0.2, 0) is 11.2 Å². The van der Waals surface area contributed by atoms with Crippen molar-refractivity contribution in [3.8, 4) is 0 Å². The van der Waals surface area contributed by atoms with E-state index in [4.69, 9.17) is 5.73 Å². The third-order valence-corrected chi connectivity index (χ3v) is 3.31. The molecule has 0 saturated heterocycles. The molecular weight excluding hydrogens is 234 g/mol. The molecule has 0 spiro atoms. The Balaban J connectivity index is 2.25. The largest absolute Gasteiger partial charge is 0.350 e. The average Bonchev–Trinajstić information content (AvgIpc) is 2.63. The zero-order valence-corrected chi connectivity index (χ0v) is 11.6. The van der Waals surface area contributed by atoms with Crippen molar-refractivity contribution in [2.75, 3.05) is 6.54 Å². The second-order valence-electron chi connectivity index (χ2n) is 4.85. The number of hydrogen-bond donors (Lipinski definition) is 2. The van der Waals surface area contributed by atoms with Crippen LogP contribution in [0.1, 0.15) is 37.4 Å². The lowest BCUT2D eigenvalue weighted by molar-refractivity contribution is -0.122. The molecule has 0 fully saturated rings. The number of nitrogens with one attached hydrogen (secondary N) is 1. The van der Waals surface area contributed by atoms with Gasteiger partial charge in [-0.3, -0.25) is 4.79 Å². The summed E-state index contributed by atoms with van der Waals surface area (Å²) in [7, 11) is 0. The highest BCUT2D eigenvalue weighted by Crippen LogP contribution is 2.10. The minimum Gasteiger partial charge on any atom is -0.350 e. The molecule has 3 N–H and O–H groups in total. The first-order valence-electron chi connectivity index (χ1n) is 5.85. The van der Waals surface area contributed by atoms with Gasteiger partial charge in [-0.1, -0.05) is 0 Å². The Bertz CT molecular complexity index is 374. The van der Waals surface area contributed by atoms with Crippen LogP contribution in [0.4, 0.5) is 0 Å². The normalized spacial score (nSPS) is 11.5. The molecule has 1 rings (SSSR count). The van der Waals surface area contributed by atoms with Gasteiger partial charge in [0.2, 0.25) is 5.91 Å². The van der Waals surface area contributed by atoms with Crippen molar-refractivity contribution in [1.82, 2.24) is 10.3 Å². The summed E-state index contributed by atoms with van der Waals surface area (Å²) >= 11 is 1.65. The molecule has 0 aliphatic carbocycles. The van der Waals surface area contributed by atoms with E-state index in [2.05, 4.69) is 15.7 Å². The molecule has 0 atom stereocenters. The second kappa shape index (κ2) is 6.12. The molecule has 0 aromatic carbocycles. The number of carbonyl (C=O) groups is 1. The number of amides is 1. The minimum absolute atomic E-state index is 0.0624. The van der Waals surface area contributed by atoms with Crippen molar-refractivity contribution in [2.24, 2.45) is 5.73 Å². The van der Waals surface area contributed by atoms with Crippen LogP contribution in [0.3, 0.4) is 0 Å². The molecule has 17 heavy (non-hydrogen) atoms. The minimum atomic E-state index is -0.311. The maximum Gasteiger partial charge on any atom is 0.220 e. The molecule has 1 heterocycles. The molecule has 0 unspecified atom stereocenters. The number of nitrogens with two attached hydrogens (primary N) is 1. The molecule has 4 nitrogen and oxygen atoms in total. The Kier molecular flexibility index (Phi) is 5.08.